The van der Waals surface area contributed by atoms with Crippen LogP contribution >= 0.6 is 7.82 Å². The third-order valence-corrected chi connectivity index (χ3v) is 6.46. The number of phosphoric ester groups is 1. The smallest absolute Gasteiger partial charge is 0.504 e. The first-order valence-corrected chi connectivity index (χ1v) is 13.7. The zero-order valence-corrected chi connectivity index (χ0v) is 21.5. The van der Waals surface area contributed by atoms with Crippen molar-refractivity contribution in [1.29, 1.82) is 0 Å². The molecule has 0 aliphatic rings. The lowest BCUT2D eigenvalue weighted by Crippen LogP contribution is -2.10. The van der Waals surface area contributed by atoms with E-state index in [2.05, 4.69) is 16.4 Å². The molecule has 0 unspecified atom stereocenters. The number of hydrogen-bond donors (Lipinski definition) is 5. The molecule has 0 radical (unpaired) electrons. The van der Waals surface area contributed by atoms with E-state index in [1.807, 2.05) is 22.8 Å². The summed E-state index contributed by atoms with van der Waals surface area (Å²) in [5, 5.41) is 11.6. The number of para-hydroxylation sites is 1. The number of nitrogen functional groups attached to an aromatic ring is 1. The molecule has 0 spiro atoms. The van der Waals surface area contributed by atoms with Crippen molar-refractivity contribution in [2.45, 2.75) is 39.2 Å². The van der Waals surface area contributed by atoms with Crippen molar-refractivity contribution in [2.24, 2.45) is 5.73 Å². The summed E-state index contributed by atoms with van der Waals surface area (Å²) in [4.78, 5) is 27.8. The highest BCUT2D eigenvalue weighted by Gasteiger charge is 2.22. The first-order valence-electron chi connectivity index (χ1n) is 12.1. The molecule has 2 aromatic carbocycles. The topological polar surface area (TPSA) is 179 Å². The minimum absolute atomic E-state index is 0.183. The number of fused-ring (bicyclic) bond motifs is 3. The van der Waals surface area contributed by atoms with E-state index in [-0.39, 0.29) is 18.0 Å². The number of anilines is 1. The fraction of sp³-hybridized carbons (Fsp3) is 0.360. The van der Waals surface area contributed by atoms with Crippen LogP contribution in [0.3, 0.4) is 0 Å². The van der Waals surface area contributed by atoms with Crippen LogP contribution in [0, 0.1) is 0 Å². The summed E-state index contributed by atoms with van der Waals surface area (Å²) in [6.45, 7) is 3.77. The number of phenolic OH excluding ortho intramolecular Hbond substituents is 1. The Morgan fingerprint density at radius 3 is 2.65 bits per heavy atom. The monoisotopic (exact) mass is 529 g/mol. The van der Waals surface area contributed by atoms with Crippen LogP contribution in [0.15, 0.2) is 36.4 Å². The molecule has 0 fully saturated rings. The average Bonchev–Trinajstić information content (AvgIpc) is 3.21. The zero-order chi connectivity index (χ0) is 26.6. The molecule has 0 aliphatic carbocycles. The Labute approximate surface area is 214 Å². The molecular formula is C25H32N5O6P. The van der Waals surface area contributed by atoms with Crippen LogP contribution < -0.4 is 16.0 Å². The van der Waals surface area contributed by atoms with E-state index in [0.717, 1.165) is 35.1 Å². The van der Waals surface area contributed by atoms with Crippen molar-refractivity contribution >= 4 is 35.6 Å². The lowest BCUT2D eigenvalue weighted by Gasteiger charge is -2.15. The van der Waals surface area contributed by atoms with Crippen molar-refractivity contribution in [3.63, 3.8) is 0 Å². The van der Waals surface area contributed by atoms with Crippen molar-refractivity contribution in [3.05, 3.63) is 53.3 Å². The minimum atomic E-state index is -4.85. The van der Waals surface area contributed by atoms with E-state index in [0.29, 0.717) is 55.0 Å². The normalized spacial score (nSPS) is 12.0. The summed E-state index contributed by atoms with van der Waals surface area (Å²) in [7, 11) is -4.85. The highest BCUT2D eigenvalue weighted by molar-refractivity contribution is 7.46. The Hall–Kier alpha value is -3.21. The van der Waals surface area contributed by atoms with Crippen LogP contribution in [0.1, 0.15) is 36.7 Å². The predicted molar refractivity (Wildman–Crippen MR) is 142 cm³/mol. The summed E-state index contributed by atoms with van der Waals surface area (Å²) in [5.41, 5.74) is 15.4. The van der Waals surface area contributed by atoms with Gasteiger partial charge in [0.15, 0.2) is 17.3 Å². The Morgan fingerprint density at radius 2 is 1.92 bits per heavy atom. The summed E-state index contributed by atoms with van der Waals surface area (Å²) >= 11 is 0. The zero-order valence-electron chi connectivity index (χ0n) is 20.6. The second-order valence-corrected chi connectivity index (χ2v) is 9.92. The van der Waals surface area contributed by atoms with E-state index in [9.17, 15) is 19.5 Å². The van der Waals surface area contributed by atoms with Crippen LogP contribution in [0.4, 0.5) is 5.82 Å². The van der Waals surface area contributed by atoms with Gasteiger partial charge in [0, 0.05) is 23.9 Å². The van der Waals surface area contributed by atoms with Crippen molar-refractivity contribution in [1.82, 2.24) is 14.5 Å². The molecular weight excluding hydrogens is 497 g/mol. The van der Waals surface area contributed by atoms with Gasteiger partial charge < -0.3 is 30.4 Å². The molecule has 0 saturated heterocycles. The van der Waals surface area contributed by atoms with Gasteiger partial charge in [-0.05, 0) is 36.6 Å². The summed E-state index contributed by atoms with van der Waals surface area (Å²) < 4.78 is 23.6. The van der Waals surface area contributed by atoms with Crippen LogP contribution in [-0.2, 0) is 28.7 Å². The summed E-state index contributed by atoms with van der Waals surface area (Å²) in [6.07, 6.45) is 3.23. The van der Waals surface area contributed by atoms with Gasteiger partial charge in [-0.15, -0.1) is 0 Å². The number of imidazole rings is 1. The van der Waals surface area contributed by atoms with Gasteiger partial charge in [0.05, 0.1) is 30.8 Å². The number of hydrogen-bond acceptors (Lipinski definition) is 8. The Kier molecular flexibility index (Phi) is 8.31. The van der Waals surface area contributed by atoms with Crippen LogP contribution in [0.2, 0.25) is 0 Å². The van der Waals surface area contributed by atoms with E-state index in [1.54, 1.807) is 12.1 Å². The van der Waals surface area contributed by atoms with E-state index >= 15 is 0 Å². The van der Waals surface area contributed by atoms with Gasteiger partial charge in [-0.1, -0.05) is 31.5 Å². The molecule has 4 rings (SSSR count). The number of aromatic nitrogens is 3. The number of phosphoric acid groups is 1. The second-order valence-electron chi connectivity index (χ2n) is 8.76. The third kappa shape index (κ3) is 6.20. The molecule has 0 atom stereocenters. The van der Waals surface area contributed by atoms with Crippen molar-refractivity contribution in [2.75, 3.05) is 25.5 Å². The largest absolute Gasteiger partial charge is 0.524 e. The third-order valence-electron chi connectivity index (χ3n) is 6.03. The first-order chi connectivity index (χ1) is 17.7. The van der Waals surface area contributed by atoms with Crippen LogP contribution in [0.25, 0.3) is 21.9 Å². The SMILES string of the molecule is CCCCc1nc2c(N)nc3ccc(CCOCCN)cc3c2n1Cc1cccc(OP(=O)(O)O)c1O. The average molecular weight is 530 g/mol. The van der Waals surface area contributed by atoms with E-state index < -0.39 is 7.82 Å². The minimum Gasteiger partial charge on any atom is -0.504 e. The molecule has 2 aromatic heterocycles. The number of ether oxygens (including phenoxy) is 1. The maximum atomic E-state index is 11.4. The van der Waals surface area contributed by atoms with Crippen molar-refractivity contribution < 1.29 is 28.7 Å². The Bertz CT molecular complexity index is 1450. The van der Waals surface area contributed by atoms with E-state index in [1.165, 1.54) is 6.07 Å². The number of pyridine rings is 1. The molecule has 0 aliphatic heterocycles. The van der Waals surface area contributed by atoms with Crippen molar-refractivity contribution in [3.8, 4) is 11.5 Å². The van der Waals surface area contributed by atoms with Gasteiger partial charge >= 0.3 is 7.82 Å². The molecule has 2 heterocycles. The van der Waals surface area contributed by atoms with Crippen LogP contribution in [0.5, 0.6) is 11.5 Å². The number of nitrogens with two attached hydrogens (primary N) is 2. The Balaban J connectivity index is 1.85. The lowest BCUT2D eigenvalue weighted by molar-refractivity contribution is 0.145. The molecule has 7 N–H and O–H groups in total. The maximum absolute atomic E-state index is 11.4. The number of unbranched alkanes of at least 4 members (excludes halogenated alkanes) is 1. The van der Waals surface area contributed by atoms with E-state index in [4.69, 9.17) is 21.2 Å². The molecule has 0 amide bonds. The molecule has 12 heteroatoms. The molecule has 4 aromatic rings. The molecule has 0 bridgehead atoms. The number of nitrogens with zero attached hydrogens (tertiary/aromatic N) is 3. The predicted octanol–water partition coefficient (Wildman–Crippen LogP) is 3.25. The van der Waals surface area contributed by atoms with Gasteiger partial charge in [0.2, 0.25) is 0 Å². The number of rotatable bonds is 12. The standard InChI is InChI=1S/C25H32N5O6P/c1-2-3-7-21-29-22-23(30(21)15-17-5-4-6-20(24(17)31)36-37(32,33)34)18-14-16(10-12-35-13-11-26)8-9-19(18)28-25(22)27/h4-6,8-9,14,31H,2-3,7,10-13,15,26H2,1H3,(H2,27,28)(H2,32,33,34). The van der Waals surface area contributed by atoms with Gasteiger partial charge in [-0.2, -0.15) is 0 Å². The highest BCUT2D eigenvalue weighted by Crippen LogP contribution is 2.43. The van der Waals surface area contributed by atoms with Gasteiger partial charge in [0.1, 0.15) is 11.3 Å². The lowest BCUT2D eigenvalue weighted by atomic mass is 10.1. The second kappa shape index (κ2) is 11.5. The fourth-order valence-corrected chi connectivity index (χ4v) is 4.70. The molecule has 37 heavy (non-hydrogen) atoms. The molecule has 11 nitrogen and oxygen atoms in total. The molecule has 198 valence electrons. The van der Waals surface area contributed by atoms with Gasteiger partial charge in [0.25, 0.3) is 0 Å². The number of aromatic hydroxyl groups is 1. The van der Waals surface area contributed by atoms with Crippen LogP contribution in [-0.4, -0.2) is 49.2 Å². The number of aryl methyl sites for hydroxylation is 1. The Morgan fingerprint density at radius 1 is 1.11 bits per heavy atom. The van der Waals surface area contributed by atoms with Gasteiger partial charge in [-0.3, -0.25) is 9.79 Å². The highest BCUT2D eigenvalue weighted by atomic mass is 31.2. The van der Waals surface area contributed by atoms with Gasteiger partial charge in [-0.25, -0.2) is 14.5 Å². The fourth-order valence-electron chi connectivity index (χ4n) is 4.30. The quantitative estimate of drug-likeness (QED) is 0.135. The summed E-state index contributed by atoms with van der Waals surface area (Å²) in [6, 6.07) is 10.5. The number of benzene rings is 2. The number of phenols is 1. The molecule has 0 saturated carbocycles. The summed E-state index contributed by atoms with van der Waals surface area (Å²) in [5.74, 6) is 0.436. The first kappa shape index (κ1) is 26.8. The maximum Gasteiger partial charge on any atom is 0.524 e.